The van der Waals surface area contributed by atoms with Gasteiger partial charge in [-0.2, -0.15) is 0 Å². The molecule has 5 heteroatoms. The first kappa shape index (κ1) is 17.1. The second-order valence-electron chi connectivity index (χ2n) is 7.46. The van der Waals surface area contributed by atoms with Crippen LogP contribution in [0.2, 0.25) is 5.02 Å². The maximum Gasteiger partial charge on any atom is 0.239 e. The summed E-state index contributed by atoms with van der Waals surface area (Å²) >= 11 is 6.21. The predicted molar refractivity (Wildman–Crippen MR) is 104 cm³/mol. The molecule has 2 N–H and O–H groups in total. The fourth-order valence-electron chi connectivity index (χ4n) is 3.86. The molecule has 1 aliphatic carbocycles. The van der Waals surface area contributed by atoms with Crippen molar-refractivity contribution < 1.29 is 4.79 Å². The summed E-state index contributed by atoms with van der Waals surface area (Å²) < 4.78 is 0. The molecule has 0 aromatic heterocycles. The Hall–Kier alpha value is -2.33. The Bertz CT molecular complexity index is 875. The molecule has 1 saturated heterocycles. The molecule has 1 amide bonds. The van der Waals surface area contributed by atoms with Crippen molar-refractivity contribution in [2.45, 2.75) is 37.1 Å². The van der Waals surface area contributed by atoms with Crippen molar-refractivity contribution in [2.75, 3.05) is 7.05 Å². The van der Waals surface area contributed by atoms with E-state index in [1.807, 2.05) is 31.2 Å². The molecule has 2 aromatic rings. The number of carbonyl (C=O) groups is 1. The van der Waals surface area contributed by atoms with Crippen LogP contribution in [0.25, 0.3) is 0 Å². The molecule has 4 rings (SSSR count). The number of nitrogens with one attached hydrogen (secondary N) is 2. The second-order valence-corrected chi connectivity index (χ2v) is 7.89. The first-order valence-corrected chi connectivity index (χ1v) is 9.28. The van der Waals surface area contributed by atoms with Crippen LogP contribution in [-0.4, -0.2) is 23.8 Å². The lowest BCUT2D eigenvalue weighted by atomic mass is 9.73. The van der Waals surface area contributed by atoms with Gasteiger partial charge in [0.2, 0.25) is 5.91 Å². The fraction of sp³-hybridized carbons (Fsp3) is 0.333. The van der Waals surface area contributed by atoms with Gasteiger partial charge in [0.15, 0.2) is 5.96 Å². The molecule has 1 saturated carbocycles. The van der Waals surface area contributed by atoms with Crippen molar-refractivity contribution in [1.82, 2.24) is 10.2 Å². The Balaban J connectivity index is 1.80. The highest BCUT2D eigenvalue weighted by atomic mass is 35.5. The number of benzene rings is 2. The van der Waals surface area contributed by atoms with Crippen LogP contribution in [0.15, 0.2) is 48.5 Å². The predicted octanol–water partition coefficient (Wildman–Crippen LogP) is 4.21. The van der Waals surface area contributed by atoms with Crippen LogP contribution in [0.1, 0.15) is 48.3 Å². The molecule has 0 bridgehead atoms. The number of hydrogen-bond acceptors (Lipinski definition) is 2. The first-order valence-electron chi connectivity index (χ1n) is 8.90. The number of guanidine groups is 1. The number of halogens is 1. The number of nitrogens with zero attached hydrogens (tertiary/aromatic N) is 1. The maximum atomic E-state index is 13.2. The van der Waals surface area contributed by atoms with Gasteiger partial charge in [-0.25, -0.2) is 0 Å². The molecule has 0 radical (unpaired) electrons. The van der Waals surface area contributed by atoms with Gasteiger partial charge in [-0.1, -0.05) is 48.0 Å². The van der Waals surface area contributed by atoms with Crippen LogP contribution in [0.4, 0.5) is 0 Å². The van der Waals surface area contributed by atoms with E-state index in [9.17, 15) is 4.79 Å². The summed E-state index contributed by atoms with van der Waals surface area (Å²) in [5, 5.41) is 12.1. The summed E-state index contributed by atoms with van der Waals surface area (Å²) in [5.74, 6) is 0.256. The van der Waals surface area contributed by atoms with Crippen molar-refractivity contribution in [3.8, 4) is 0 Å². The Morgan fingerprint density at radius 2 is 1.81 bits per heavy atom. The highest BCUT2D eigenvalue weighted by Crippen LogP contribution is 2.43. The number of likely N-dealkylation sites (N-methyl/N-ethyl adjacent to an activating group) is 1. The van der Waals surface area contributed by atoms with E-state index < -0.39 is 11.5 Å². The minimum Gasteiger partial charge on any atom is -0.346 e. The van der Waals surface area contributed by atoms with E-state index in [-0.39, 0.29) is 11.9 Å². The first-order chi connectivity index (χ1) is 12.4. The number of hydrogen-bond donors (Lipinski definition) is 2. The second kappa shape index (κ2) is 6.13. The fourth-order valence-corrected chi connectivity index (χ4v) is 4.05. The topological polar surface area (TPSA) is 56.2 Å². The quantitative estimate of drug-likeness (QED) is 0.853. The Labute approximate surface area is 158 Å². The third kappa shape index (κ3) is 2.78. The third-order valence-corrected chi connectivity index (χ3v) is 5.85. The number of amides is 1. The summed E-state index contributed by atoms with van der Waals surface area (Å²) in [6.45, 7) is 1.97. The van der Waals surface area contributed by atoms with Crippen LogP contribution < -0.4 is 5.32 Å². The summed E-state index contributed by atoms with van der Waals surface area (Å²) in [5.41, 5.74) is 2.45. The molecule has 1 aliphatic heterocycles. The van der Waals surface area contributed by atoms with Gasteiger partial charge >= 0.3 is 0 Å². The zero-order valence-electron chi connectivity index (χ0n) is 14.9. The minimum absolute atomic E-state index is 0.0876. The molecule has 1 heterocycles. The van der Waals surface area contributed by atoms with Crippen molar-refractivity contribution in [3.63, 3.8) is 0 Å². The normalized spacial score (nSPS) is 26.0. The van der Waals surface area contributed by atoms with Gasteiger partial charge in [0.25, 0.3) is 0 Å². The van der Waals surface area contributed by atoms with Crippen molar-refractivity contribution in [3.05, 3.63) is 70.2 Å². The van der Waals surface area contributed by atoms with Crippen LogP contribution in [-0.2, 0) is 10.3 Å². The van der Waals surface area contributed by atoms with Gasteiger partial charge in [-0.05, 0) is 54.5 Å². The number of rotatable bonds is 3. The molecule has 2 atom stereocenters. The molecule has 2 fully saturated rings. The van der Waals surface area contributed by atoms with Gasteiger partial charge in [0.05, 0.1) is 11.5 Å². The van der Waals surface area contributed by atoms with Gasteiger partial charge in [-0.3, -0.25) is 15.1 Å². The highest BCUT2D eigenvalue weighted by molar-refractivity contribution is 6.30. The van der Waals surface area contributed by atoms with Crippen molar-refractivity contribution >= 4 is 23.5 Å². The zero-order chi connectivity index (χ0) is 18.5. The molecular formula is C21H22ClN3O. The van der Waals surface area contributed by atoms with E-state index >= 15 is 0 Å². The highest BCUT2D eigenvalue weighted by Gasteiger charge is 2.48. The summed E-state index contributed by atoms with van der Waals surface area (Å²) in [7, 11) is 1.64. The zero-order valence-corrected chi connectivity index (χ0v) is 15.7. The number of carbonyl (C=O) groups excluding carboxylic acids is 1. The van der Waals surface area contributed by atoms with Gasteiger partial charge < -0.3 is 5.32 Å². The van der Waals surface area contributed by atoms with Gasteiger partial charge in [0.1, 0.15) is 0 Å². The molecule has 134 valence electrons. The van der Waals surface area contributed by atoms with Crippen LogP contribution in [0.5, 0.6) is 0 Å². The molecule has 0 spiro atoms. The SMILES string of the molecule is CN1C(=N)N[C@](C)(c2cccc(Cl)c2)[C@@H](c2ccc(C3CC3)cc2)C1=O. The summed E-state index contributed by atoms with van der Waals surface area (Å²) in [6.07, 6.45) is 2.51. The summed E-state index contributed by atoms with van der Waals surface area (Å²) in [6, 6.07) is 15.9. The molecule has 2 aromatic carbocycles. The van der Waals surface area contributed by atoms with E-state index in [4.69, 9.17) is 17.0 Å². The molecule has 2 aliphatic rings. The molecular weight excluding hydrogens is 346 g/mol. The van der Waals surface area contributed by atoms with E-state index in [0.29, 0.717) is 10.9 Å². The third-order valence-electron chi connectivity index (χ3n) is 5.61. The molecule has 4 nitrogen and oxygen atoms in total. The standard InChI is InChI=1S/C21H22ClN3O/c1-21(16-4-3-5-17(22)12-16)18(19(26)25(2)20(23)24-21)15-10-8-14(9-11-15)13-6-7-13/h3-5,8-13,18H,6-7H2,1-2H3,(H2,23,24)/t18-,21+/m0/s1. The van der Waals surface area contributed by atoms with E-state index in [0.717, 1.165) is 11.1 Å². The summed E-state index contributed by atoms with van der Waals surface area (Å²) in [4.78, 5) is 14.5. The van der Waals surface area contributed by atoms with Crippen molar-refractivity contribution in [2.24, 2.45) is 0 Å². The van der Waals surface area contributed by atoms with Crippen LogP contribution in [0, 0.1) is 5.41 Å². The van der Waals surface area contributed by atoms with Gasteiger partial charge in [0, 0.05) is 12.1 Å². The van der Waals surface area contributed by atoms with E-state index in [1.165, 1.54) is 23.3 Å². The molecule has 0 unspecified atom stereocenters. The lowest BCUT2D eigenvalue weighted by molar-refractivity contribution is -0.131. The molecule has 26 heavy (non-hydrogen) atoms. The average Bonchev–Trinajstić information content (AvgIpc) is 3.46. The van der Waals surface area contributed by atoms with Crippen LogP contribution in [0.3, 0.4) is 0 Å². The van der Waals surface area contributed by atoms with Crippen LogP contribution >= 0.6 is 11.6 Å². The van der Waals surface area contributed by atoms with E-state index in [2.05, 4.69) is 29.6 Å². The van der Waals surface area contributed by atoms with Crippen molar-refractivity contribution in [1.29, 1.82) is 5.41 Å². The largest absolute Gasteiger partial charge is 0.346 e. The Morgan fingerprint density at radius 3 is 2.42 bits per heavy atom. The lowest BCUT2D eigenvalue weighted by Gasteiger charge is -2.46. The Morgan fingerprint density at radius 1 is 1.15 bits per heavy atom. The average molecular weight is 368 g/mol. The maximum absolute atomic E-state index is 13.2. The lowest BCUT2D eigenvalue weighted by Crippen LogP contribution is -2.62. The van der Waals surface area contributed by atoms with E-state index in [1.54, 1.807) is 7.05 Å². The van der Waals surface area contributed by atoms with Gasteiger partial charge in [-0.15, -0.1) is 0 Å². The Kier molecular flexibility index (Phi) is 4.03. The minimum atomic E-state index is -0.743. The monoisotopic (exact) mass is 367 g/mol. The smallest absolute Gasteiger partial charge is 0.239 e.